The van der Waals surface area contributed by atoms with Crippen LogP contribution < -0.4 is 15.8 Å². The van der Waals surface area contributed by atoms with Crippen LogP contribution in [0.1, 0.15) is 11.1 Å². The highest BCUT2D eigenvalue weighted by Crippen LogP contribution is 2.19. The maximum absolute atomic E-state index is 5.74. The number of para-hydroxylation sites is 1. The number of anilines is 2. The van der Waals surface area contributed by atoms with Crippen LogP contribution in [0.4, 0.5) is 11.6 Å². The van der Waals surface area contributed by atoms with Gasteiger partial charge in [-0.2, -0.15) is 0 Å². The maximum atomic E-state index is 5.74. The molecule has 5 nitrogen and oxygen atoms in total. The minimum atomic E-state index is 0.509. The van der Waals surface area contributed by atoms with E-state index >= 15 is 0 Å². The van der Waals surface area contributed by atoms with Crippen molar-refractivity contribution in [3.05, 3.63) is 41.7 Å². The maximum Gasteiger partial charge on any atom is 0.134 e. The third kappa shape index (κ3) is 3.13. The second-order valence-electron chi connectivity index (χ2n) is 4.22. The van der Waals surface area contributed by atoms with Crippen LogP contribution in [0.5, 0.6) is 5.75 Å². The van der Waals surface area contributed by atoms with Crippen molar-refractivity contribution in [1.29, 1.82) is 0 Å². The quantitative estimate of drug-likeness (QED) is 0.858. The molecule has 0 spiro atoms. The van der Waals surface area contributed by atoms with Gasteiger partial charge in [-0.1, -0.05) is 18.2 Å². The number of methoxy groups -OCH3 is 1. The fourth-order valence-corrected chi connectivity index (χ4v) is 1.87. The summed E-state index contributed by atoms with van der Waals surface area (Å²) >= 11 is 0. The number of nitrogens with one attached hydrogen (secondary N) is 1. The minimum absolute atomic E-state index is 0.509. The number of nitrogen functional groups attached to an aromatic ring is 1. The van der Waals surface area contributed by atoms with E-state index in [2.05, 4.69) is 21.4 Å². The Labute approximate surface area is 112 Å². The standard InChI is InChI=1S/C14H18N4O/c1-10-13(15)17-9-18-14(10)16-8-7-11-5-3-4-6-12(11)19-2/h3-6,9H,7-8H2,1-2H3,(H3,15,16,17,18). The summed E-state index contributed by atoms with van der Waals surface area (Å²) < 4.78 is 5.32. The summed E-state index contributed by atoms with van der Waals surface area (Å²) in [7, 11) is 1.68. The van der Waals surface area contributed by atoms with Crippen LogP contribution in [0, 0.1) is 6.92 Å². The first-order chi connectivity index (χ1) is 9.22. The van der Waals surface area contributed by atoms with E-state index < -0.39 is 0 Å². The molecule has 19 heavy (non-hydrogen) atoms. The molecule has 0 amide bonds. The molecule has 0 aliphatic heterocycles. The van der Waals surface area contributed by atoms with E-state index in [9.17, 15) is 0 Å². The molecule has 2 rings (SSSR count). The molecular weight excluding hydrogens is 240 g/mol. The molecule has 1 heterocycles. The third-order valence-electron chi connectivity index (χ3n) is 3.00. The van der Waals surface area contributed by atoms with Gasteiger partial charge in [0.15, 0.2) is 0 Å². The van der Waals surface area contributed by atoms with E-state index in [1.807, 2.05) is 25.1 Å². The van der Waals surface area contributed by atoms with E-state index in [-0.39, 0.29) is 0 Å². The molecule has 3 N–H and O–H groups in total. The van der Waals surface area contributed by atoms with Crippen LogP contribution in [0.15, 0.2) is 30.6 Å². The molecule has 0 atom stereocenters. The molecule has 5 heteroatoms. The van der Waals surface area contributed by atoms with Crippen molar-refractivity contribution in [2.45, 2.75) is 13.3 Å². The van der Waals surface area contributed by atoms with Gasteiger partial charge in [0.1, 0.15) is 23.7 Å². The Kier molecular flexibility index (Phi) is 4.18. The highest BCUT2D eigenvalue weighted by molar-refractivity contribution is 5.53. The molecule has 0 aliphatic rings. The lowest BCUT2D eigenvalue weighted by molar-refractivity contribution is 0.410. The Bertz CT molecular complexity index is 557. The zero-order valence-corrected chi connectivity index (χ0v) is 11.2. The van der Waals surface area contributed by atoms with Crippen molar-refractivity contribution in [1.82, 2.24) is 9.97 Å². The summed E-state index contributed by atoms with van der Waals surface area (Å²) in [5.41, 5.74) is 7.78. The van der Waals surface area contributed by atoms with Gasteiger partial charge in [-0.25, -0.2) is 9.97 Å². The Morgan fingerprint density at radius 1 is 1.26 bits per heavy atom. The van der Waals surface area contributed by atoms with Gasteiger partial charge in [-0.15, -0.1) is 0 Å². The first-order valence-electron chi connectivity index (χ1n) is 6.15. The Morgan fingerprint density at radius 3 is 2.84 bits per heavy atom. The van der Waals surface area contributed by atoms with Gasteiger partial charge in [0.2, 0.25) is 0 Å². The summed E-state index contributed by atoms with van der Waals surface area (Å²) in [6.07, 6.45) is 2.32. The van der Waals surface area contributed by atoms with Gasteiger partial charge in [-0.05, 0) is 25.0 Å². The SMILES string of the molecule is COc1ccccc1CCNc1ncnc(N)c1C. The van der Waals surface area contributed by atoms with E-state index in [4.69, 9.17) is 10.5 Å². The topological polar surface area (TPSA) is 73.1 Å². The number of hydrogen-bond acceptors (Lipinski definition) is 5. The van der Waals surface area contributed by atoms with Crippen molar-refractivity contribution >= 4 is 11.6 Å². The normalized spacial score (nSPS) is 10.2. The molecule has 0 fully saturated rings. The number of hydrogen-bond donors (Lipinski definition) is 2. The van der Waals surface area contributed by atoms with Gasteiger partial charge in [0, 0.05) is 12.1 Å². The summed E-state index contributed by atoms with van der Waals surface area (Å²) in [5.74, 6) is 2.19. The number of rotatable bonds is 5. The fraction of sp³-hybridized carbons (Fsp3) is 0.286. The number of nitrogens with two attached hydrogens (primary N) is 1. The molecule has 0 radical (unpaired) electrons. The lowest BCUT2D eigenvalue weighted by Crippen LogP contribution is -2.10. The summed E-state index contributed by atoms with van der Waals surface area (Å²) in [6.45, 7) is 2.67. The molecule has 1 aromatic carbocycles. The molecule has 0 aliphatic carbocycles. The number of ether oxygens (including phenoxy) is 1. The van der Waals surface area contributed by atoms with Crippen molar-refractivity contribution in [2.75, 3.05) is 24.7 Å². The molecule has 0 bridgehead atoms. The summed E-state index contributed by atoms with van der Waals surface area (Å²) in [4.78, 5) is 8.12. The van der Waals surface area contributed by atoms with Crippen LogP contribution in [0.3, 0.4) is 0 Å². The zero-order chi connectivity index (χ0) is 13.7. The van der Waals surface area contributed by atoms with Gasteiger partial charge in [0.05, 0.1) is 7.11 Å². The fourth-order valence-electron chi connectivity index (χ4n) is 1.87. The first kappa shape index (κ1) is 13.1. The smallest absolute Gasteiger partial charge is 0.134 e. The van der Waals surface area contributed by atoms with Crippen molar-refractivity contribution < 1.29 is 4.74 Å². The van der Waals surface area contributed by atoms with E-state index in [1.54, 1.807) is 7.11 Å². The van der Waals surface area contributed by atoms with Gasteiger partial charge in [0.25, 0.3) is 0 Å². The van der Waals surface area contributed by atoms with Crippen LogP contribution in [-0.2, 0) is 6.42 Å². The Hall–Kier alpha value is -2.30. The lowest BCUT2D eigenvalue weighted by Gasteiger charge is -2.11. The highest BCUT2D eigenvalue weighted by atomic mass is 16.5. The van der Waals surface area contributed by atoms with E-state index in [1.165, 1.54) is 6.33 Å². The predicted molar refractivity (Wildman–Crippen MR) is 76.4 cm³/mol. The van der Waals surface area contributed by atoms with Crippen LogP contribution in [-0.4, -0.2) is 23.6 Å². The van der Waals surface area contributed by atoms with Crippen molar-refractivity contribution in [2.24, 2.45) is 0 Å². The molecule has 0 unspecified atom stereocenters. The Balaban J connectivity index is 1.98. The molecule has 100 valence electrons. The van der Waals surface area contributed by atoms with Crippen molar-refractivity contribution in [3.63, 3.8) is 0 Å². The third-order valence-corrected chi connectivity index (χ3v) is 3.00. The minimum Gasteiger partial charge on any atom is -0.496 e. The van der Waals surface area contributed by atoms with Crippen LogP contribution >= 0.6 is 0 Å². The number of aromatic nitrogens is 2. The summed E-state index contributed by atoms with van der Waals surface area (Å²) in [5, 5.41) is 3.27. The van der Waals surface area contributed by atoms with Gasteiger partial charge in [-0.3, -0.25) is 0 Å². The predicted octanol–water partition coefficient (Wildman–Crippen LogP) is 2.03. The van der Waals surface area contributed by atoms with E-state index in [0.717, 1.165) is 35.7 Å². The lowest BCUT2D eigenvalue weighted by atomic mass is 10.1. The average Bonchev–Trinajstić information content (AvgIpc) is 2.44. The molecule has 0 saturated carbocycles. The summed E-state index contributed by atoms with van der Waals surface area (Å²) in [6, 6.07) is 7.99. The van der Waals surface area contributed by atoms with Gasteiger partial charge >= 0.3 is 0 Å². The van der Waals surface area contributed by atoms with Crippen molar-refractivity contribution in [3.8, 4) is 5.75 Å². The number of nitrogens with zero attached hydrogens (tertiary/aromatic N) is 2. The van der Waals surface area contributed by atoms with Gasteiger partial charge < -0.3 is 15.8 Å². The Morgan fingerprint density at radius 2 is 2.05 bits per heavy atom. The average molecular weight is 258 g/mol. The van der Waals surface area contributed by atoms with E-state index in [0.29, 0.717) is 5.82 Å². The first-order valence-corrected chi connectivity index (χ1v) is 6.15. The second-order valence-corrected chi connectivity index (χ2v) is 4.22. The second kappa shape index (κ2) is 6.04. The molecule has 1 aromatic heterocycles. The van der Waals surface area contributed by atoms with Crippen LogP contribution in [0.25, 0.3) is 0 Å². The molecule has 0 saturated heterocycles. The van der Waals surface area contributed by atoms with Crippen LogP contribution in [0.2, 0.25) is 0 Å². The molecular formula is C14H18N4O. The largest absolute Gasteiger partial charge is 0.496 e. The zero-order valence-electron chi connectivity index (χ0n) is 11.2. The monoisotopic (exact) mass is 258 g/mol. The molecule has 2 aromatic rings. The highest BCUT2D eigenvalue weighted by Gasteiger charge is 2.05. The number of benzene rings is 1.